The van der Waals surface area contributed by atoms with E-state index in [1.165, 1.54) is 12.1 Å². The first kappa shape index (κ1) is 9.65. The van der Waals surface area contributed by atoms with Crippen LogP contribution >= 0.6 is 15.9 Å². The van der Waals surface area contributed by atoms with E-state index in [4.69, 9.17) is 0 Å². The Hall–Kier alpha value is -0.440. The number of benzene rings is 1. The Morgan fingerprint density at radius 1 is 1.33 bits per heavy atom. The first-order chi connectivity index (χ1) is 5.66. The van der Waals surface area contributed by atoms with E-state index in [1.807, 2.05) is 6.92 Å². The van der Waals surface area contributed by atoms with E-state index in [1.54, 1.807) is 0 Å². The van der Waals surface area contributed by atoms with Crippen molar-refractivity contribution >= 4 is 15.9 Å². The second-order valence-corrected chi connectivity index (χ2v) is 3.38. The smallest absolute Gasteiger partial charge is 0.143 e. The lowest BCUT2D eigenvalue weighted by atomic mass is 10.1. The molecule has 0 amide bonds. The SMILES string of the molecule is CCCc1ccc(F)c(Br)c1F. The van der Waals surface area contributed by atoms with Crippen LogP contribution in [0.1, 0.15) is 18.9 Å². The minimum absolute atomic E-state index is 0.0616. The fourth-order valence-corrected chi connectivity index (χ4v) is 1.42. The molecular formula is C9H9BrF2. The Kier molecular flexibility index (Phi) is 3.20. The number of hydrogen-bond acceptors (Lipinski definition) is 0. The number of rotatable bonds is 2. The molecule has 0 aliphatic rings. The maximum atomic E-state index is 13.2. The van der Waals surface area contributed by atoms with Gasteiger partial charge in [0.25, 0.3) is 0 Å². The lowest BCUT2D eigenvalue weighted by molar-refractivity contribution is 0.559. The standard InChI is InChI=1S/C9H9BrF2/c1-2-3-6-4-5-7(11)8(10)9(6)12/h4-5H,2-3H2,1H3. The van der Waals surface area contributed by atoms with Gasteiger partial charge in [0.2, 0.25) is 0 Å². The van der Waals surface area contributed by atoms with Gasteiger partial charge in [0.1, 0.15) is 11.6 Å². The van der Waals surface area contributed by atoms with E-state index < -0.39 is 11.6 Å². The van der Waals surface area contributed by atoms with E-state index >= 15 is 0 Å². The van der Waals surface area contributed by atoms with Crippen LogP contribution in [0.15, 0.2) is 16.6 Å². The fourth-order valence-electron chi connectivity index (χ4n) is 1.03. The molecule has 0 bridgehead atoms. The predicted molar refractivity (Wildman–Crippen MR) is 48.1 cm³/mol. The summed E-state index contributed by atoms with van der Waals surface area (Å²) >= 11 is 2.85. The van der Waals surface area contributed by atoms with Crippen LogP contribution in [0, 0.1) is 11.6 Å². The summed E-state index contributed by atoms with van der Waals surface area (Å²) in [4.78, 5) is 0. The molecule has 0 unspecified atom stereocenters. The van der Waals surface area contributed by atoms with Gasteiger partial charge in [-0.15, -0.1) is 0 Å². The monoisotopic (exact) mass is 234 g/mol. The van der Waals surface area contributed by atoms with Crippen LogP contribution < -0.4 is 0 Å². The van der Waals surface area contributed by atoms with E-state index in [0.717, 1.165) is 6.42 Å². The minimum atomic E-state index is -0.549. The van der Waals surface area contributed by atoms with Crippen molar-refractivity contribution < 1.29 is 8.78 Å². The van der Waals surface area contributed by atoms with Crippen LogP contribution in [0.3, 0.4) is 0 Å². The zero-order valence-electron chi connectivity index (χ0n) is 6.70. The zero-order chi connectivity index (χ0) is 9.14. The zero-order valence-corrected chi connectivity index (χ0v) is 8.29. The predicted octanol–water partition coefficient (Wildman–Crippen LogP) is 3.68. The average molecular weight is 235 g/mol. The summed E-state index contributed by atoms with van der Waals surface area (Å²) in [7, 11) is 0. The van der Waals surface area contributed by atoms with Gasteiger partial charge in [0.15, 0.2) is 0 Å². The molecule has 1 aromatic carbocycles. The molecule has 0 radical (unpaired) electrons. The van der Waals surface area contributed by atoms with E-state index in [0.29, 0.717) is 12.0 Å². The molecular weight excluding hydrogens is 226 g/mol. The maximum Gasteiger partial charge on any atom is 0.143 e. The molecule has 0 nitrogen and oxygen atoms in total. The summed E-state index contributed by atoms with van der Waals surface area (Å²) in [6, 6.07) is 2.76. The Bertz CT molecular complexity index is 284. The molecule has 0 fully saturated rings. The van der Waals surface area contributed by atoms with Gasteiger partial charge in [-0.25, -0.2) is 8.78 Å². The van der Waals surface area contributed by atoms with Gasteiger partial charge >= 0.3 is 0 Å². The summed E-state index contributed by atoms with van der Waals surface area (Å²) in [5.74, 6) is -1.02. The van der Waals surface area contributed by atoms with Crippen molar-refractivity contribution in [1.82, 2.24) is 0 Å². The van der Waals surface area contributed by atoms with Crippen LogP contribution in [-0.4, -0.2) is 0 Å². The molecule has 0 heterocycles. The molecule has 0 spiro atoms. The molecule has 1 aromatic rings. The van der Waals surface area contributed by atoms with Crippen molar-refractivity contribution in [3.8, 4) is 0 Å². The third-order valence-corrected chi connectivity index (χ3v) is 2.36. The molecule has 0 aliphatic heterocycles. The summed E-state index contributed by atoms with van der Waals surface area (Å²) < 4.78 is 25.8. The highest BCUT2D eigenvalue weighted by Crippen LogP contribution is 2.23. The van der Waals surface area contributed by atoms with E-state index in [9.17, 15) is 8.78 Å². The normalized spacial score (nSPS) is 10.3. The summed E-state index contributed by atoms with van der Waals surface area (Å²) in [6.45, 7) is 1.96. The quantitative estimate of drug-likeness (QED) is 0.686. The van der Waals surface area contributed by atoms with Gasteiger partial charge < -0.3 is 0 Å². The number of aryl methyl sites for hydroxylation is 1. The van der Waals surface area contributed by atoms with E-state index in [-0.39, 0.29) is 4.47 Å². The van der Waals surface area contributed by atoms with Gasteiger partial charge in [-0.05, 0) is 34.0 Å². The Morgan fingerprint density at radius 2 is 2.00 bits per heavy atom. The molecule has 0 saturated heterocycles. The molecule has 66 valence electrons. The molecule has 0 aromatic heterocycles. The molecule has 1 rings (SSSR count). The van der Waals surface area contributed by atoms with Gasteiger partial charge in [-0.2, -0.15) is 0 Å². The molecule has 0 aliphatic carbocycles. The summed E-state index contributed by atoms with van der Waals surface area (Å²) in [5.41, 5.74) is 0.561. The largest absolute Gasteiger partial charge is 0.206 e. The van der Waals surface area contributed by atoms with Crippen molar-refractivity contribution in [2.75, 3.05) is 0 Å². The molecule has 0 atom stereocenters. The van der Waals surface area contributed by atoms with Crippen molar-refractivity contribution in [1.29, 1.82) is 0 Å². The molecule has 12 heavy (non-hydrogen) atoms. The first-order valence-electron chi connectivity index (χ1n) is 3.79. The second kappa shape index (κ2) is 3.99. The molecule has 3 heteroatoms. The summed E-state index contributed by atoms with van der Waals surface area (Å²) in [6.07, 6.45) is 1.50. The van der Waals surface area contributed by atoms with Gasteiger partial charge in [0, 0.05) is 0 Å². The fraction of sp³-hybridized carbons (Fsp3) is 0.333. The maximum absolute atomic E-state index is 13.2. The van der Waals surface area contributed by atoms with Crippen LogP contribution in [0.25, 0.3) is 0 Å². The highest BCUT2D eigenvalue weighted by Gasteiger charge is 2.09. The third kappa shape index (κ3) is 1.83. The van der Waals surface area contributed by atoms with Gasteiger partial charge in [-0.1, -0.05) is 19.4 Å². The van der Waals surface area contributed by atoms with Gasteiger partial charge in [-0.3, -0.25) is 0 Å². The molecule has 0 saturated carbocycles. The highest BCUT2D eigenvalue weighted by atomic mass is 79.9. The summed E-state index contributed by atoms with van der Waals surface area (Å²) in [5, 5.41) is 0. The highest BCUT2D eigenvalue weighted by molar-refractivity contribution is 9.10. The lowest BCUT2D eigenvalue weighted by Gasteiger charge is -2.03. The van der Waals surface area contributed by atoms with Crippen molar-refractivity contribution in [2.24, 2.45) is 0 Å². The number of halogens is 3. The van der Waals surface area contributed by atoms with Crippen molar-refractivity contribution in [3.63, 3.8) is 0 Å². The Balaban J connectivity index is 3.08. The Labute approximate surface area is 78.7 Å². The van der Waals surface area contributed by atoms with E-state index in [2.05, 4.69) is 15.9 Å². The minimum Gasteiger partial charge on any atom is -0.206 e. The molecule has 0 N–H and O–H groups in total. The third-order valence-electron chi connectivity index (χ3n) is 1.63. The van der Waals surface area contributed by atoms with Crippen molar-refractivity contribution in [3.05, 3.63) is 33.8 Å². The van der Waals surface area contributed by atoms with Crippen LogP contribution in [-0.2, 0) is 6.42 Å². The average Bonchev–Trinajstić information content (AvgIpc) is 2.07. The van der Waals surface area contributed by atoms with Crippen LogP contribution in [0.2, 0.25) is 0 Å². The number of hydrogen-bond donors (Lipinski definition) is 0. The topological polar surface area (TPSA) is 0 Å². The van der Waals surface area contributed by atoms with Crippen molar-refractivity contribution in [2.45, 2.75) is 19.8 Å². The second-order valence-electron chi connectivity index (χ2n) is 2.58. The van der Waals surface area contributed by atoms with Crippen LogP contribution in [0.5, 0.6) is 0 Å². The Morgan fingerprint density at radius 3 is 2.58 bits per heavy atom. The lowest BCUT2D eigenvalue weighted by Crippen LogP contribution is -1.93. The first-order valence-corrected chi connectivity index (χ1v) is 4.58. The van der Waals surface area contributed by atoms with Crippen LogP contribution in [0.4, 0.5) is 8.78 Å². The van der Waals surface area contributed by atoms with Gasteiger partial charge in [0.05, 0.1) is 4.47 Å².